The number of ketones is 1. The second-order valence-electron chi connectivity index (χ2n) is 7.96. The lowest BCUT2D eigenvalue weighted by molar-refractivity contribution is -0.137. The Bertz CT molecular complexity index is 1090. The first-order valence-corrected chi connectivity index (χ1v) is 10.2. The predicted octanol–water partition coefficient (Wildman–Crippen LogP) is 4.73. The van der Waals surface area contributed by atoms with Crippen molar-refractivity contribution in [3.05, 3.63) is 70.4 Å². The molecule has 1 aliphatic carbocycles. The van der Waals surface area contributed by atoms with E-state index >= 15 is 0 Å². The molecule has 0 unspecified atom stereocenters. The van der Waals surface area contributed by atoms with Crippen LogP contribution in [0.5, 0.6) is 11.5 Å². The molecule has 1 amide bonds. The number of halogens is 3. The highest BCUT2D eigenvalue weighted by Crippen LogP contribution is 2.44. The van der Waals surface area contributed by atoms with Crippen LogP contribution in [-0.2, 0) is 15.8 Å². The van der Waals surface area contributed by atoms with Crippen molar-refractivity contribution >= 4 is 11.7 Å². The normalized spacial score (nSPS) is 21.2. The molecule has 2 atom stereocenters. The second kappa shape index (κ2) is 8.33. The van der Waals surface area contributed by atoms with Crippen LogP contribution < -0.4 is 14.8 Å². The summed E-state index contributed by atoms with van der Waals surface area (Å²) in [6.07, 6.45) is -3.74. The van der Waals surface area contributed by atoms with Gasteiger partial charge in [0.05, 0.1) is 19.8 Å². The molecule has 168 valence electrons. The van der Waals surface area contributed by atoms with Crippen molar-refractivity contribution in [3.8, 4) is 11.5 Å². The SMILES string of the molecule is COc1ccc([C@H]2CC(=O)C3=C(C2)NC(=O)C[C@H]3c2ccc(C(F)(F)F)cc2)cc1OC. The fraction of sp³-hybridized carbons (Fsp3) is 0.333. The Hall–Kier alpha value is -3.29. The number of hydrogen-bond acceptors (Lipinski definition) is 4. The van der Waals surface area contributed by atoms with Gasteiger partial charge < -0.3 is 14.8 Å². The summed E-state index contributed by atoms with van der Waals surface area (Å²) in [5.41, 5.74) is 1.68. The van der Waals surface area contributed by atoms with Crippen LogP contribution in [0, 0.1) is 0 Å². The molecule has 8 heteroatoms. The van der Waals surface area contributed by atoms with Gasteiger partial charge in [0.2, 0.25) is 5.91 Å². The summed E-state index contributed by atoms with van der Waals surface area (Å²) < 4.78 is 49.4. The molecule has 0 saturated carbocycles. The van der Waals surface area contributed by atoms with Gasteiger partial charge >= 0.3 is 6.18 Å². The van der Waals surface area contributed by atoms with E-state index in [0.29, 0.717) is 34.8 Å². The number of alkyl halides is 3. The van der Waals surface area contributed by atoms with Crippen LogP contribution in [0.2, 0.25) is 0 Å². The van der Waals surface area contributed by atoms with Crippen molar-refractivity contribution in [2.45, 2.75) is 37.3 Å². The molecule has 0 spiro atoms. The van der Waals surface area contributed by atoms with Gasteiger partial charge in [0.1, 0.15) is 0 Å². The van der Waals surface area contributed by atoms with Gasteiger partial charge in [0.25, 0.3) is 0 Å². The zero-order valence-electron chi connectivity index (χ0n) is 17.6. The van der Waals surface area contributed by atoms with E-state index in [2.05, 4.69) is 5.32 Å². The molecule has 4 rings (SSSR count). The van der Waals surface area contributed by atoms with E-state index in [1.54, 1.807) is 6.07 Å². The van der Waals surface area contributed by atoms with Gasteiger partial charge in [0.15, 0.2) is 17.3 Å². The lowest BCUT2D eigenvalue weighted by Crippen LogP contribution is -2.38. The van der Waals surface area contributed by atoms with Gasteiger partial charge in [0, 0.05) is 30.0 Å². The van der Waals surface area contributed by atoms with E-state index < -0.39 is 17.7 Å². The van der Waals surface area contributed by atoms with Gasteiger partial charge in [-0.25, -0.2) is 0 Å². The van der Waals surface area contributed by atoms with E-state index in [0.717, 1.165) is 17.7 Å². The average Bonchev–Trinajstić information content (AvgIpc) is 2.77. The summed E-state index contributed by atoms with van der Waals surface area (Å²) in [6, 6.07) is 10.1. The van der Waals surface area contributed by atoms with Crippen LogP contribution in [0.4, 0.5) is 13.2 Å². The highest BCUT2D eigenvalue weighted by atomic mass is 19.4. The number of allylic oxidation sites excluding steroid dienone is 2. The first-order valence-electron chi connectivity index (χ1n) is 10.2. The van der Waals surface area contributed by atoms with E-state index in [-0.39, 0.29) is 30.4 Å². The summed E-state index contributed by atoms with van der Waals surface area (Å²) in [6.45, 7) is 0. The third-order valence-corrected chi connectivity index (χ3v) is 6.06. The maximum Gasteiger partial charge on any atom is 0.416 e. The number of carbonyl (C=O) groups is 2. The van der Waals surface area contributed by atoms with Crippen LogP contribution in [0.3, 0.4) is 0 Å². The third kappa shape index (κ3) is 4.09. The number of rotatable bonds is 4. The monoisotopic (exact) mass is 445 g/mol. The number of ether oxygens (including phenoxy) is 2. The molecule has 5 nitrogen and oxygen atoms in total. The number of carbonyl (C=O) groups excluding carboxylic acids is 2. The number of Topliss-reactive ketones (excluding diaryl/α,β-unsaturated/α-hetero) is 1. The standard InChI is InChI=1S/C24H22F3NO4/c1-31-20-8-5-14(11-21(20)32-2)15-9-18-23(19(29)10-15)17(12-22(30)28-18)13-3-6-16(7-4-13)24(25,26)27/h3-8,11,15,17H,9-10,12H2,1-2H3,(H,28,30)/t15-,17+/m1/s1. The Morgan fingerprint density at radius 2 is 1.53 bits per heavy atom. The Morgan fingerprint density at radius 1 is 0.875 bits per heavy atom. The van der Waals surface area contributed by atoms with Crippen molar-refractivity contribution in [1.82, 2.24) is 5.32 Å². The lowest BCUT2D eigenvalue weighted by atomic mass is 9.73. The van der Waals surface area contributed by atoms with Gasteiger partial charge in [-0.1, -0.05) is 18.2 Å². The summed E-state index contributed by atoms with van der Waals surface area (Å²) >= 11 is 0. The van der Waals surface area contributed by atoms with Crippen LogP contribution in [-0.4, -0.2) is 25.9 Å². The molecule has 1 N–H and O–H groups in total. The summed E-state index contributed by atoms with van der Waals surface area (Å²) in [5.74, 6) is 0.0390. The van der Waals surface area contributed by atoms with Gasteiger partial charge in [-0.3, -0.25) is 9.59 Å². The first kappa shape index (κ1) is 21.9. The first-order chi connectivity index (χ1) is 15.2. The largest absolute Gasteiger partial charge is 0.493 e. The van der Waals surface area contributed by atoms with Crippen LogP contribution in [0.25, 0.3) is 0 Å². The highest BCUT2D eigenvalue weighted by molar-refractivity contribution is 6.02. The Morgan fingerprint density at radius 3 is 2.16 bits per heavy atom. The van der Waals surface area contributed by atoms with Crippen molar-refractivity contribution in [2.24, 2.45) is 0 Å². The number of benzene rings is 2. The molecule has 2 aromatic rings. The highest BCUT2D eigenvalue weighted by Gasteiger charge is 2.39. The van der Waals surface area contributed by atoms with E-state index in [1.165, 1.54) is 26.4 Å². The van der Waals surface area contributed by atoms with E-state index in [9.17, 15) is 22.8 Å². The van der Waals surface area contributed by atoms with Crippen LogP contribution >= 0.6 is 0 Å². The lowest BCUT2D eigenvalue weighted by Gasteiger charge is -2.34. The maximum atomic E-state index is 13.2. The van der Waals surface area contributed by atoms with Gasteiger partial charge in [-0.15, -0.1) is 0 Å². The number of amides is 1. The zero-order valence-corrected chi connectivity index (χ0v) is 17.6. The summed E-state index contributed by atoms with van der Waals surface area (Å²) in [4.78, 5) is 25.5. The average molecular weight is 445 g/mol. The van der Waals surface area contributed by atoms with Crippen molar-refractivity contribution < 1.29 is 32.2 Å². The molecule has 0 aromatic heterocycles. The fourth-order valence-electron chi connectivity index (χ4n) is 4.49. The van der Waals surface area contributed by atoms with E-state index in [4.69, 9.17) is 9.47 Å². The molecular formula is C24H22F3NO4. The number of methoxy groups -OCH3 is 2. The maximum absolute atomic E-state index is 13.2. The Labute approximate surface area is 183 Å². The quantitative estimate of drug-likeness (QED) is 0.739. The number of hydrogen-bond donors (Lipinski definition) is 1. The molecule has 1 aliphatic heterocycles. The molecular weight excluding hydrogens is 423 g/mol. The third-order valence-electron chi connectivity index (χ3n) is 6.06. The fourth-order valence-corrected chi connectivity index (χ4v) is 4.49. The van der Waals surface area contributed by atoms with Crippen molar-refractivity contribution in [2.75, 3.05) is 14.2 Å². The zero-order chi connectivity index (χ0) is 23.0. The molecule has 0 radical (unpaired) electrons. The summed E-state index contributed by atoms with van der Waals surface area (Å²) in [5, 5.41) is 2.82. The Balaban J connectivity index is 1.66. The molecule has 2 aliphatic rings. The smallest absolute Gasteiger partial charge is 0.416 e. The minimum atomic E-state index is -4.44. The van der Waals surface area contributed by atoms with Crippen LogP contribution in [0.1, 0.15) is 47.8 Å². The van der Waals surface area contributed by atoms with Crippen LogP contribution in [0.15, 0.2) is 53.7 Å². The minimum absolute atomic E-state index is 0.0248. The predicted molar refractivity (Wildman–Crippen MR) is 110 cm³/mol. The molecule has 32 heavy (non-hydrogen) atoms. The molecule has 2 aromatic carbocycles. The minimum Gasteiger partial charge on any atom is -0.493 e. The molecule has 0 fully saturated rings. The van der Waals surface area contributed by atoms with Crippen molar-refractivity contribution in [3.63, 3.8) is 0 Å². The van der Waals surface area contributed by atoms with Crippen molar-refractivity contribution in [1.29, 1.82) is 0 Å². The second-order valence-corrected chi connectivity index (χ2v) is 7.96. The Kier molecular flexibility index (Phi) is 5.71. The van der Waals surface area contributed by atoms with E-state index in [1.807, 2.05) is 12.1 Å². The van der Waals surface area contributed by atoms with Gasteiger partial charge in [-0.2, -0.15) is 13.2 Å². The molecule has 0 bridgehead atoms. The number of nitrogens with one attached hydrogen (secondary N) is 1. The molecule has 1 heterocycles. The summed E-state index contributed by atoms with van der Waals surface area (Å²) in [7, 11) is 3.07. The van der Waals surface area contributed by atoms with Gasteiger partial charge in [-0.05, 0) is 47.7 Å². The topological polar surface area (TPSA) is 64.6 Å². The molecule has 0 saturated heterocycles.